The molecule has 0 aliphatic heterocycles. The van der Waals surface area contributed by atoms with Crippen LogP contribution in [0, 0.1) is 7.14 Å². The first-order chi connectivity index (χ1) is 6.47. The summed E-state index contributed by atoms with van der Waals surface area (Å²) in [4.78, 5) is 0. The zero-order valence-electron chi connectivity index (χ0n) is 7.93. The largest absolute Gasteiger partial charge is 0.396 e. The monoisotopic (exact) mass is 417 g/mol. The van der Waals surface area contributed by atoms with Crippen molar-refractivity contribution in [1.82, 2.24) is 0 Å². The van der Waals surface area contributed by atoms with Crippen LogP contribution in [-0.4, -0.2) is 11.7 Å². The standard InChI is InChI=1S/C10H13I2NO/c1-10(13,4-5-14)8-6-7(11)2-3-9(8)12/h2-3,6,14H,4-5,13H2,1H3/t10-/m1/s1. The van der Waals surface area contributed by atoms with E-state index in [1.54, 1.807) is 0 Å². The third-order valence-corrected chi connectivity index (χ3v) is 3.79. The fraction of sp³-hybridized carbons (Fsp3) is 0.400. The molecule has 2 nitrogen and oxygen atoms in total. The molecule has 0 saturated heterocycles. The normalized spacial score (nSPS) is 15.2. The Hall–Kier alpha value is 0.600. The molecule has 0 amide bonds. The summed E-state index contributed by atoms with van der Waals surface area (Å²) in [6.45, 7) is 2.07. The summed E-state index contributed by atoms with van der Waals surface area (Å²) in [6, 6.07) is 6.19. The maximum atomic E-state index is 8.94. The SMILES string of the molecule is C[C@@](N)(CCO)c1cc(I)ccc1I. The summed E-state index contributed by atoms with van der Waals surface area (Å²) in [5, 5.41) is 8.94. The van der Waals surface area contributed by atoms with Gasteiger partial charge in [0.05, 0.1) is 0 Å². The van der Waals surface area contributed by atoms with Crippen molar-refractivity contribution in [1.29, 1.82) is 0 Å². The van der Waals surface area contributed by atoms with Crippen LogP contribution < -0.4 is 5.73 Å². The topological polar surface area (TPSA) is 46.2 Å². The Balaban J connectivity index is 3.10. The van der Waals surface area contributed by atoms with Gasteiger partial charge in [0, 0.05) is 19.3 Å². The lowest BCUT2D eigenvalue weighted by Crippen LogP contribution is -2.35. The van der Waals surface area contributed by atoms with Gasteiger partial charge in [-0.2, -0.15) is 0 Å². The van der Waals surface area contributed by atoms with E-state index in [0.29, 0.717) is 6.42 Å². The number of benzene rings is 1. The van der Waals surface area contributed by atoms with E-state index in [4.69, 9.17) is 10.8 Å². The average molecular weight is 417 g/mol. The molecule has 0 saturated carbocycles. The zero-order valence-corrected chi connectivity index (χ0v) is 12.2. The Bertz CT molecular complexity index is 326. The minimum Gasteiger partial charge on any atom is -0.396 e. The average Bonchev–Trinajstić information content (AvgIpc) is 2.09. The molecule has 0 aliphatic rings. The molecular formula is C10H13I2NO. The molecule has 78 valence electrons. The Morgan fingerprint density at radius 3 is 2.64 bits per heavy atom. The van der Waals surface area contributed by atoms with Gasteiger partial charge in [0.15, 0.2) is 0 Å². The Morgan fingerprint density at radius 1 is 1.43 bits per heavy atom. The highest BCUT2D eigenvalue weighted by molar-refractivity contribution is 14.1. The van der Waals surface area contributed by atoms with Crippen LogP contribution in [0.1, 0.15) is 18.9 Å². The fourth-order valence-electron chi connectivity index (χ4n) is 1.30. The molecule has 0 heterocycles. The lowest BCUT2D eigenvalue weighted by molar-refractivity contribution is 0.247. The van der Waals surface area contributed by atoms with E-state index in [1.807, 2.05) is 6.92 Å². The Kier molecular flexibility index (Phi) is 4.60. The molecule has 4 heteroatoms. The number of aliphatic hydroxyl groups is 1. The van der Waals surface area contributed by atoms with E-state index in [9.17, 15) is 0 Å². The predicted molar refractivity (Wildman–Crippen MR) is 75.1 cm³/mol. The summed E-state index contributed by atoms with van der Waals surface area (Å²) >= 11 is 4.55. The van der Waals surface area contributed by atoms with Crippen LogP contribution in [0.25, 0.3) is 0 Å². The van der Waals surface area contributed by atoms with Crippen molar-refractivity contribution in [3.05, 3.63) is 30.9 Å². The van der Waals surface area contributed by atoms with Gasteiger partial charge in [-0.3, -0.25) is 0 Å². The molecule has 1 rings (SSSR count). The summed E-state index contributed by atoms with van der Waals surface area (Å²) < 4.78 is 2.33. The van der Waals surface area contributed by atoms with Crippen molar-refractivity contribution in [3.63, 3.8) is 0 Å². The number of halogens is 2. The van der Waals surface area contributed by atoms with E-state index in [1.165, 1.54) is 3.57 Å². The maximum absolute atomic E-state index is 8.94. The number of hydrogen-bond acceptors (Lipinski definition) is 2. The van der Waals surface area contributed by atoms with Gasteiger partial charge in [-0.25, -0.2) is 0 Å². The minimum absolute atomic E-state index is 0.120. The van der Waals surface area contributed by atoms with E-state index in [-0.39, 0.29) is 6.61 Å². The third-order valence-electron chi connectivity index (χ3n) is 2.17. The molecule has 0 bridgehead atoms. The van der Waals surface area contributed by atoms with E-state index in [0.717, 1.165) is 9.13 Å². The quantitative estimate of drug-likeness (QED) is 0.743. The summed E-state index contributed by atoms with van der Waals surface area (Å²) in [5.74, 6) is 0. The highest BCUT2D eigenvalue weighted by atomic mass is 127. The molecule has 1 aromatic rings. The van der Waals surface area contributed by atoms with Crippen LogP contribution in [0.5, 0.6) is 0 Å². The first-order valence-electron chi connectivity index (χ1n) is 4.32. The summed E-state index contributed by atoms with van der Waals surface area (Å²) in [7, 11) is 0. The number of nitrogens with two attached hydrogens (primary N) is 1. The molecule has 0 aromatic heterocycles. The first-order valence-corrected chi connectivity index (χ1v) is 6.48. The third kappa shape index (κ3) is 3.04. The number of aliphatic hydroxyl groups excluding tert-OH is 1. The molecule has 0 fully saturated rings. The van der Waals surface area contributed by atoms with Crippen molar-refractivity contribution in [2.75, 3.05) is 6.61 Å². The van der Waals surface area contributed by atoms with Crippen molar-refractivity contribution < 1.29 is 5.11 Å². The van der Waals surface area contributed by atoms with Crippen LogP contribution in [0.2, 0.25) is 0 Å². The first kappa shape index (κ1) is 12.7. The maximum Gasteiger partial charge on any atom is 0.0451 e. The fourth-order valence-corrected chi connectivity index (χ4v) is 2.74. The smallest absolute Gasteiger partial charge is 0.0451 e. The second-order valence-electron chi connectivity index (χ2n) is 3.52. The van der Waals surface area contributed by atoms with E-state index < -0.39 is 5.54 Å². The van der Waals surface area contributed by atoms with E-state index in [2.05, 4.69) is 63.4 Å². The van der Waals surface area contributed by atoms with Crippen LogP contribution in [-0.2, 0) is 5.54 Å². The molecule has 0 aliphatic carbocycles. The molecule has 1 aromatic carbocycles. The minimum atomic E-state index is -0.438. The molecular weight excluding hydrogens is 404 g/mol. The van der Waals surface area contributed by atoms with Crippen molar-refractivity contribution >= 4 is 45.2 Å². The van der Waals surface area contributed by atoms with Crippen LogP contribution in [0.3, 0.4) is 0 Å². The predicted octanol–water partition coefficient (Wildman–Crippen LogP) is 2.45. The second-order valence-corrected chi connectivity index (χ2v) is 5.92. The van der Waals surface area contributed by atoms with Gasteiger partial charge >= 0.3 is 0 Å². The zero-order chi connectivity index (χ0) is 10.8. The van der Waals surface area contributed by atoms with Gasteiger partial charge < -0.3 is 10.8 Å². The van der Waals surface area contributed by atoms with Gasteiger partial charge in [0.1, 0.15) is 0 Å². The van der Waals surface area contributed by atoms with Gasteiger partial charge in [-0.05, 0) is 82.3 Å². The highest BCUT2D eigenvalue weighted by Gasteiger charge is 2.22. The molecule has 0 unspecified atom stereocenters. The second kappa shape index (κ2) is 5.09. The van der Waals surface area contributed by atoms with Crippen molar-refractivity contribution in [2.24, 2.45) is 5.73 Å². The summed E-state index contributed by atoms with van der Waals surface area (Å²) in [5.41, 5.74) is 6.82. The van der Waals surface area contributed by atoms with E-state index >= 15 is 0 Å². The van der Waals surface area contributed by atoms with Crippen LogP contribution in [0.4, 0.5) is 0 Å². The molecule has 0 radical (unpaired) electrons. The van der Waals surface area contributed by atoms with Gasteiger partial charge in [0.25, 0.3) is 0 Å². The van der Waals surface area contributed by atoms with Crippen molar-refractivity contribution in [3.8, 4) is 0 Å². The van der Waals surface area contributed by atoms with Gasteiger partial charge in [0.2, 0.25) is 0 Å². The Labute approximate surface area is 112 Å². The number of rotatable bonds is 3. The molecule has 3 N–H and O–H groups in total. The van der Waals surface area contributed by atoms with Gasteiger partial charge in [-0.15, -0.1) is 0 Å². The van der Waals surface area contributed by atoms with Crippen molar-refractivity contribution in [2.45, 2.75) is 18.9 Å². The van der Waals surface area contributed by atoms with Crippen LogP contribution >= 0.6 is 45.2 Å². The number of hydrogen-bond donors (Lipinski definition) is 2. The van der Waals surface area contributed by atoms with Crippen LogP contribution in [0.15, 0.2) is 18.2 Å². The highest BCUT2D eigenvalue weighted by Crippen LogP contribution is 2.27. The lowest BCUT2D eigenvalue weighted by atomic mass is 9.90. The lowest BCUT2D eigenvalue weighted by Gasteiger charge is -2.25. The Morgan fingerprint density at radius 2 is 2.07 bits per heavy atom. The van der Waals surface area contributed by atoms with Gasteiger partial charge in [-0.1, -0.05) is 0 Å². The molecule has 0 spiro atoms. The molecule has 14 heavy (non-hydrogen) atoms. The summed E-state index contributed by atoms with van der Waals surface area (Å²) in [6.07, 6.45) is 0.586. The molecule has 1 atom stereocenters.